The molecular weight excluding hydrogens is 192 g/mol. The van der Waals surface area contributed by atoms with E-state index in [1.165, 1.54) is 0 Å². The third-order valence-corrected chi connectivity index (χ3v) is 1.58. The van der Waals surface area contributed by atoms with Crippen molar-refractivity contribution in [3.63, 3.8) is 0 Å². The van der Waals surface area contributed by atoms with Crippen LogP contribution < -0.4 is 0 Å². The molecule has 0 aliphatic rings. The molecule has 0 bridgehead atoms. The van der Waals surface area contributed by atoms with Crippen molar-refractivity contribution in [3.8, 4) is 0 Å². The largest absolute Gasteiger partial charge is 0.457 e. The Balaban J connectivity index is 3.47. The Labute approximate surface area is 82.0 Å². The Kier molecular flexibility index (Phi) is 7.48. The highest BCUT2D eigenvalue weighted by Gasteiger charge is 2.12. The van der Waals surface area contributed by atoms with Crippen LogP contribution in [0.15, 0.2) is 0 Å². The first kappa shape index (κ1) is 12.3. The molecule has 0 rings (SSSR count). The van der Waals surface area contributed by atoms with Crippen molar-refractivity contribution in [2.75, 3.05) is 13.2 Å². The first-order chi connectivity index (χ1) is 6.20. The SMILES string of the molecule is CCCOC(=O)SC(=O)OCCC. The lowest BCUT2D eigenvalue weighted by Gasteiger charge is -2.02. The Bertz CT molecular complexity index is 152. The van der Waals surface area contributed by atoms with Gasteiger partial charge in [-0.2, -0.15) is 0 Å². The fourth-order valence-electron chi connectivity index (χ4n) is 0.498. The van der Waals surface area contributed by atoms with Crippen molar-refractivity contribution in [2.45, 2.75) is 26.7 Å². The van der Waals surface area contributed by atoms with Gasteiger partial charge in [0.25, 0.3) is 0 Å². The zero-order chi connectivity index (χ0) is 10.1. The average molecular weight is 206 g/mol. The maximum Gasteiger partial charge on any atom is 0.378 e. The lowest BCUT2D eigenvalue weighted by Crippen LogP contribution is -2.05. The van der Waals surface area contributed by atoms with Crippen LogP contribution in [0.4, 0.5) is 9.59 Å². The smallest absolute Gasteiger partial charge is 0.378 e. The number of hydrogen-bond acceptors (Lipinski definition) is 5. The van der Waals surface area contributed by atoms with E-state index in [1.807, 2.05) is 13.8 Å². The molecule has 0 aromatic rings. The van der Waals surface area contributed by atoms with Crippen LogP contribution in [0.5, 0.6) is 0 Å². The summed E-state index contributed by atoms with van der Waals surface area (Å²) in [4.78, 5) is 21.6. The van der Waals surface area contributed by atoms with Crippen LogP contribution in [-0.4, -0.2) is 23.8 Å². The Morgan fingerprint density at radius 2 is 1.38 bits per heavy atom. The first-order valence-corrected chi connectivity index (χ1v) is 5.03. The van der Waals surface area contributed by atoms with E-state index in [-0.39, 0.29) is 0 Å². The Morgan fingerprint density at radius 3 is 1.69 bits per heavy atom. The van der Waals surface area contributed by atoms with Gasteiger partial charge in [-0.15, -0.1) is 0 Å². The van der Waals surface area contributed by atoms with Gasteiger partial charge in [-0.3, -0.25) is 0 Å². The minimum atomic E-state index is -0.594. The van der Waals surface area contributed by atoms with Crippen molar-refractivity contribution in [1.29, 1.82) is 0 Å². The van der Waals surface area contributed by atoms with E-state index in [2.05, 4.69) is 9.47 Å². The monoisotopic (exact) mass is 206 g/mol. The molecule has 0 saturated carbocycles. The molecule has 0 aliphatic carbocycles. The second-order valence-electron chi connectivity index (χ2n) is 2.30. The molecule has 76 valence electrons. The number of ether oxygens (including phenoxy) is 2. The van der Waals surface area contributed by atoms with Crippen LogP contribution in [0.3, 0.4) is 0 Å². The number of hydrogen-bond donors (Lipinski definition) is 0. The van der Waals surface area contributed by atoms with Gasteiger partial charge in [-0.05, 0) is 12.8 Å². The molecule has 13 heavy (non-hydrogen) atoms. The average Bonchev–Trinajstić information content (AvgIpc) is 2.11. The van der Waals surface area contributed by atoms with E-state index in [0.29, 0.717) is 25.0 Å². The number of rotatable bonds is 4. The van der Waals surface area contributed by atoms with Crippen molar-refractivity contribution in [3.05, 3.63) is 0 Å². The van der Waals surface area contributed by atoms with Gasteiger partial charge in [0.2, 0.25) is 0 Å². The van der Waals surface area contributed by atoms with Crippen molar-refractivity contribution in [1.82, 2.24) is 0 Å². The van der Waals surface area contributed by atoms with E-state index < -0.39 is 10.6 Å². The first-order valence-electron chi connectivity index (χ1n) is 4.22. The predicted molar refractivity (Wildman–Crippen MR) is 50.9 cm³/mol. The molecule has 0 heterocycles. The second-order valence-corrected chi connectivity index (χ2v) is 3.17. The van der Waals surface area contributed by atoms with Gasteiger partial charge in [0.05, 0.1) is 25.0 Å². The van der Waals surface area contributed by atoms with E-state index in [1.54, 1.807) is 0 Å². The van der Waals surface area contributed by atoms with Gasteiger partial charge in [-0.1, -0.05) is 13.8 Å². The Morgan fingerprint density at radius 1 is 1.00 bits per heavy atom. The minimum Gasteiger partial charge on any atom is -0.457 e. The van der Waals surface area contributed by atoms with E-state index in [9.17, 15) is 9.59 Å². The molecule has 0 aliphatic heterocycles. The van der Waals surface area contributed by atoms with Crippen LogP contribution in [0.25, 0.3) is 0 Å². The molecule has 0 spiro atoms. The maximum absolute atomic E-state index is 10.8. The third kappa shape index (κ3) is 7.64. The van der Waals surface area contributed by atoms with Crippen LogP contribution in [0, 0.1) is 0 Å². The summed E-state index contributed by atoms with van der Waals surface area (Å²) < 4.78 is 9.33. The van der Waals surface area contributed by atoms with Crippen LogP contribution in [0.2, 0.25) is 0 Å². The lowest BCUT2D eigenvalue weighted by atomic mass is 10.5. The van der Waals surface area contributed by atoms with Gasteiger partial charge in [0.1, 0.15) is 0 Å². The van der Waals surface area contributed by atoms with Gasteiger partial charge >= 0.3 is 10.6 Å². The summed E-state index contributed by atoms with van der Waals surface area (Å²) in [6, 6.07) is 0. The summed E-state index contributed by atoms with van der Waals surface area (Å²) in [5, 5.41) is -1.19. The molecule has 0 aromatic heterocycles. The number of carbonyl (C=O) groups is 2. The molecule has 0 unspecified atom stereocenters. The molecule has 0 saturated heterocycles. The van der Waals surface area contributed by atoms with E-state index in [0.717, 1.165) is 12.8 Å². The van der Waals surface area contributed by atoms with Crippen molar-refractivity contribution >= 4 is 22.4 Å². The standard InChI is InChI=1S/C8H14O4S/c1-3-5-11-7(9)13-8(10)12-6-4-2/h3-6H2,1-2H3. The molecule has 0 fully saturated rings. The van der Waals surface area contributed by atoms with E-state index in [4.69, 9.17) is 0 Å². The summed E-state index contributed by atoms with van der Waals surface area (Å²) in [6.07, 6.45) is 1.49. The Hall–Kier alpha value is -0.710. The fraction of sp³-hybridized carbons (Fsp3) is 0.750. The molecular formula is C8H14O4S. The fourth-order valence-corrected chi connectivity index (χ4v) is 0.918. The summed E-state index contributed by atoms with van der Waals surface area (Å²) in [5.74, 6) is 0. The summed E-state index contributed by atoms with van der Waals surface area (Å²) in [5.41, 5.74) is 0. The quantitative estimate of drug-likeness (QED) is 0.662. The van der Waals surface area contributed by atoms with Gasteiger partial charge in [0.15, 0.2) is 0 Å². The summed E-state index contributed by atoms with van der Waals surface area (Å²) >= 11 is 0.457. The topological polar surface area (TPSA) is 52.6 Å². The summed E-state index contributed by atoms with van der Waals surface area (Å²) in [6.45, 7) is 4.44. The molecule has 5 heteroatoms. The highest BCUT2D eigenvalue weighted by atomic mass is 32.2. The van der Waals surface area contributed by atoms with Gasteiger partial charge < -0.3 is 9.47 Å². The van der Waals surface area contributed by atoms with Gasteiger partial charge in [0, 0.05) is 0 Å². The van der Waals surface area contributed by atoms with Crippen molar-refractivity contribution in [2.24, 2.45) is 0 Å². The van der Waals surface area contributed by atoms with E-state index >= 15 is 0 Å². The highest BCUT2D eigenvalue weighted by Crippen LogP contribution is 2.09. The molecule has 4 nitrogen and oxygen atoms in total. The molecule has 0 aromatic carbocycles. The summed E-state index contributed by atoms with van der Waals surface area (Å²) in [7, 11) is 0. The number of carbonyl (C=O) groups excluding carboxylic acids is 2. The molecule has 0 atom stereocenters. The molecule has 0 N–H and O–H groups in total. The van der Waals surface area contributed by atoms with Crippen molar-refractivity contribution < 1.29 is 19.1 Å². The predicted octanol–water partition coefficient (Wildman–Crippen LogP) is 2.81. The highest BCUT2D eigenvalue weighted by molar-refractivity contribution is 8.25. The maximum atomic E-state index is 10.8. The normalized spacial score (nSPS) is 9.38. The lowest BCUT2D eigenvalue weighted by molar-refractivity contribution is 0.169. The zero-order valence-electron chi connectivity index (χ0n) is 7.87. The van der Waals surface area contributed by atoms with Gasteiger partial charge in [-0.25, -0.2) is 9.59 Å². The third-order valence-electron chi connectivity index (χ3n) is 1.01. The van der Waals surface area contributed by atoms with Crippen LogP contribution >= 0.6 is 11.8 Å². The van der Waals surface area contributed by atoms with Crippen LogP contribution in [-0.2, 0) is 9.47 Å². The number of thioether (sulfide) groups is 1. The molecule has 0 radical (unpaired) electrons. The second kappa shape index (κ2) is 7.91. The molecule has 0 amide bonds. The minimum absolute atomic E-state index is 0.340. The zero-order valence-corrected chi connectivity index (χ0v) is 8.69. The van der Waals surface area contributed by atoms with Crippen LogP contribution in [0.1, 0.15) is 26.7 Å².